The highest BCUT2D eigenvalue weighted by Crippen LogP contribution is 2.33. The van der Waals surface area contributed by atoms with E-state index in [1.165, 1.54) is 0 Å². The zero-order chi connectivity index (χ0) is 17.7. The molecule has 2 aliphatic rings. The third kappa shape index (κ3) is 4.47. The van der Waals surface area contributed by atoms with Crippen LogP contribution in [0.1, 0.15) is 12.8 Å². The summed E-state index contributed by atoms with van der Waals surface area (Å²) in [5.41, 5.74) is 0. The predicted octanol–water partition coefficient (Wildman–Crippen LogP) is 1.03. The van der Waals surface area contributed by atoms with Crippen LogP contribution >= 0.6 is 0 Å². The molecule has 1 aliphatic heterocycles. The Labute approximate surface area is 147 Å². The smallest absolute Gasteiger partial charge is 0.160 e. The van der Waals surface area contributed by atoms with Crippen LogP contribution in [-0.2, 0) is 4.79 Å². The fraction of sp³-hybridized carbons (Fsp3) is 0.471. The van der Waals surface area contributed by atoms with Crippen LogP contribution in [0.2, 0.25) is 0 Å². The lowest BCUT2D eigenvalue weighted by molar-refractivity contribution is -0.116. The molecule has 24 heavy (non-hydrogen) atoms. The number of nitrogens with zero attached hydrogens (tertiary/aromatic N) is 1. The van der Waals surface area contributed by atoms with Gasteiger partial charge in [-0.1, -0.05) is 23.4 Å². The van der Waals surface area contributed by atoms with E-state index in [9.17, 15) is 4.79 Å². The van der Waals surface area contributed by atoms with E-state index in [-0.39, 0.29) is 11.8 Å². The minimum absolute atomic E-state index is 0.0903. The largest absolute Gasteiger partial charge is 0.493 e. The summed E-state index contributed by atoms with van der Waals surface area (Å²) >= 11 is 0. The van der Waals surface area contributed by atoms with Gasteiger partial charge in [0.05, 0.1) is 37.8 Å². The van der Waals surface area contributed by atoms with Gasteiger partial charge in [0.25, 0.3) is 0 Å². The molecule has 120 valence electrons. The zero-order valence-electron chi connectivity index (χ0n) is 14.1. The van der Waals surface area contributed by atoms with E-state index in [0.29, 0.717) is 12.3 Å². The first-order valence-corrected chi connectivity index (χ1v) is 7.88. The molecule has 0 aromatic heterocycles. The number of rotatable bonds is 3. The number of methoxy groups -OCH3 is 2. The van der Waals surface area contributed by atoms with Crippen molar-refractivity contribution in [3.8, 4) is 11.5 Å². The number of carbonyl (C=O) groups is 1. The first-order valence-electron chi connectivity index (χ1n) is 7.88. The molecule has 1 saturated heterocycles. The van der Waals surface area contributed by atoms with Gasteiger partial charge in [-0.25, -0.2) is 0 Å². The van der Waals surface area contributed by atoms with Crippen LogP contribution in [0, 0.1) is 5.92 Å². The lowest BCUT2D eigenvalue weighted by Gasteiger charge is -2.40. The van der Waals surface area contributed by atoms with Crippen LogP contribution in [0.3, 0.4) is 0 Å². The van der Waals surface area contributed by atoms with Crippen molar-refractivity contribution in [3.05, 3.63) is 36.4 Å². The van der Waals surface area contributed by atoms with Gasteiger partial charge in [-0.15, -0.1) is 0 Å². The summed E-state index contributed by atoms with van der Waals surface area (Å²) in [6.45, 7) is 0.760. The standard InChI is InChI=1S/C9H10B3NO.C8H10O2/c10-9(11,12)13-4-3-6-1-2-7(14)5-8(6)13;1-9-7-5-3-4-6-8(7)10-2/h1-2,6,8H,3-5H2;3-6H,1-2H3. The minimum atomic E-state index is -1.30. The van der Waals surface area contributed by atoms with E-state index in [4.69, 9.17) is 33.0 Å². The highest BCUT2D eigenvalue weighted by Gasteiger charge is 2.39. The van der Waals surface area contributed by atoms with Crippen molar-refractivity contribution < 1.29 is 14.3 Å². The molecule has 1 heterocycles. The molecule has 1 fully saturated rings. The van der Waals surface area contributed by atoms with Crippen molar-refractivity contribution in [1.29, 1.82) is 0 Å². The van der Waals surface area contributed by atoms with Gasteiger partial charge >= 0.3 is 0 Å². The molecular weight excluding hydrogens is 299 g/mol. The molecule has 6 radical (unpaired) electrons. The summed E-state index contributed by atoms with van der Waals surface area (Å²) in [6.07, 6.45) is 5.05. The van der Waals surface area contributed by atoms with Crippen LogP contribution < -0.4 is 9.47 Å². The van der Waals surface area contributed by atoms with E-state index in [2.05, 4.69) is 0 Å². The second-order valence-corrected chi connectivity index (χ2v) is 5.99. The lowest BCUT2D eigenvalue weighted by Crippen LogP contribution is -2.54. The number of fused-ring (bicyclic) bond motifs is 1. The van der Waals surface area contributed by atoms with Gasteiger partial charge in [0.15, 0.2) is 17.3 Å². The fourth-order valence-electron chi connectivity index (χ4n) is 3.14. The third-order valence-corrected chi connectivity index (χ3v) is 4.32. The minimum Gasteiger partial charge on any atom is -0.493 e. The van der Waals surface area contributed by atoms with Gasteiger partial charge in [0.2, 0.25) is 0 Å². The lowest BCUT2D eigenvalue weighted by atomic mass is 9.48. The summed E-state index contributed by atoms with van der Waals surface area (Å²) in [7, 11) is 20.2. The molecule has 0 spiro atoms. The molecule has 0 amide bonds. The van der Waals surface area contributed by atoms with Crippen molar-refractivity contribution in [2.24, 2.45) is 5.92 Å². The summed E-state index contributed by atoms with van der Waals surface area (Å²) in [5.74, 6) is 2.04. The number of allylic oxidation sites excluding steroid dienone is 1. The number of para-hydroxylation sites is 2. The van der Waals surface area contributed by atoms with Crippen LogP contribution in [-0.4, -0.2) is 66.3 Å². The van der Waals surface area contributed by atoms with Gasteiger partial charge in [-0.3, -0.25) is 4.79 Å². The Balaban J connectivity index is 0.000000185. The highest BCUT2D eigenvalue weighted by molar-refractivity contribution is 6.59. The monoisotopic (exact) mass is 319 g/mol. The van der Waals surface area contributed by atoms with Crippen LogP contribution in [0.4, 0.5) is 0 Å². The van der Waals surface area contributed by atoms with Crippen molar-refractivity contribution >= 4 is 29.3 Å². The van der Waals surface area contributed by atoms with Gasteiger partial charge in [0, 0.05) is 12.5 Å². The zero-order valence-corrected chi connectivity index (χ0v) is 14.1. The Bertz CT molecular complexity index is 578. The highest BCUT2D eigenvalue weighted by atomic mass is 16.5. The number of benzene rings is 1. The van der Waals surface area contributed by atoms with Gasteiger partial charge in [-0.05, 0) is 37.1 Å². The summed E-state index contributed by atoms with van der Waals surface area (Å²) in [5, 5.41) is -1.30. The molecule has 0 N–H and O–H groups in total. The van der Waals surface area contributed by atoms with Gasteiger partial charge < -0.3 is 14.4 Å². The van der Waals surface area contributed by atoms with E-state index in [1.54, 1.807) is 20.3 Å². The normalized spacial score (nSPS) is 23.2. The third-order valence-electron chi connectivity index (χ3n) is 4.32. The van der Waals surface area contributed by atoms with Crippen LogP contribution in [0.25, 0.3) is 0 Å². The molecule has 3 rings (SSSR count). The molecule has 0 saturated carbocycles. The maximum Gasteiger partial charge on any atom is 0.160 e. The maximum absolute atomic E-state index is 11.2. The van der Waals surface area contributed by atoms with Crippen LogP contribution in [0.5, 0.6) is 11.5 Å². The second kappa shape index (κ2) is 7.97. The molecule has 4 nitrogen and oxygen atoms in total. The molecule has 0 bridgehead atoms. The molecular formula is C17H20B3NO3. The van der Waals surface area contributed by atoms with Gasteiger partial charge in [-0.2, -0.15) is 0 Å². The van der Waals surface area contributed by atoms with E-state index >= 15 is 0 Å². The number of carbonyl (C=O) groups excluding carboxylic acids is 1. The van der Waals surface area contributed by atoms with Crippen molar-refractivity contribution in [1.82, 2.24) is 4.90 Å². The van der Waals surface area contributed by atoms with E-state index < -0.39 is 5.24 Å². The number of likely N-dealkylation sites (tertiary alicyclic amines) is 1. The number of hydrogen-bond acceptors (Lipinski definition) is 4. The van der Waals surface area contributed by atoms with Crippen molar-refractivity contribution in [2.45, 2.75) is 24.1 Å². The fourth-order valence-corrected chi connectivity index (χ4v) is 3.14. The first-order chi connectivity index (χ1) is 11.4. The van der Waals surface area contributed by atoms with Gasteiger partial charge in [0.1, 0.15) is 0 Å². The maximum atomic E-state index is 11.2. The Morgan fingerprint density at radius 3 is 2.21 bits per heavy atom. The van der Waals surface area contributed by atoms with Crippen molar-refractivity contribution in [3.63, 3.8) is 0 Å². The number of hydrogen-bond donors (Lipinski definition) is 0. The Kier molecular flexibility index (Phi) is 6.22. The first kappa shape index (κ1) is 18.7. The average Bonchev–Trinajstić information content (AvgIpc) is 2.98. The predicted molar refractivity (Wildman–Crippen MR) is 96.9 cm³/mol. The second-order valence-electron chi connectivity index (χ2n) is 5.99. The van der Waals surface area contributed by atoms with E-state index in [0.717, 1.165) is 24.5 Å². The molecule has 2 unspecified atom stereocenters. The summed E-state index contributed by atoms with van der Waals surface area (Å²) in [4.78, 5) is 13.1. The molecule has 1 aliphatic carbocycles. The quantitative estimate of drug-likeness (QED) is 0.780. The van der Waals surface area contributed by atoms with Crippen molar-refractivity contribution in [2.75, 3.05) is 20.8 Å². The van der Waals surface area contributed by atoms with E-state index in [1.807, 2.05) is 35.2 Å². The SMILES string of the molecule is COc1ccccc1OC.[B]C([B])([B])N1CCC2C=CC(=O)CC21. The Morgan fingerprint density at radius 2 is 1.71 bits per heavy atom. The average molecular weight is 319 g/mol. The van der Waals surface area contributed by atoms with Crippen LogP contribution in [0.15, 0.2) is 36.4 Å². The molecule has 1 aromatic carbocycles. The summed E-state index contributed by atoms with van der Waals surface area (Å²) < 4.78 is 10.0. The molecule has 2 atom stereocenters. The molecule has 7 heteroatoms. The Hall–Kier alpha value is -1.62. The summed E-state index contributed by atoms with van der Waals surface area (Å²) in [6, 6.07) is 7.62. The molecule has 1 aromatic rings. The topological polar surface area (TPSA) is 38.8 Å². The number of ketones is 1. The Morgan fingerprint density at radius 1 is 1.12 bits per heavy atom. The number of ether oxygens (including phenoxy) is 2.